The van der Waals surface area contributed by atoms with Gasteiger partial charge in [-0.3, -0.25) is 4.99 Å². The van der Waals surface area contributed by atoms with E-state index >= 15 is 0 Å². The molecule has 0 amide bonds. The van der Waals surface area contributed by atoms with Gasteiger partial charge in [0.2, 0.25) is 0 Å². The Balaban J connectivity index is 0.00000341. The summed E-state index contributed by atoms with van der Waals surface area (Å²) in [5, 5.41) is 6.34. The van der Waals surface area contributed by atoms with Crippen LogP contribution in [0.4, 0.5) is 13.2 Å². The molecule has 31 heavy (non-hydrogen) atoms. The molecule has 2 aliphatic rings. The topological polar surface area (TPSA) is 70.6 Å². The number of rotatable bonds is 5. The second-order valence-corrected chi connectivity index (χ2v) is 10.6. The third-order valence-corrected chi connectivity index (χ3v) is 7.84. The van der Waals surface area contributed by atoms with Gasteiger partial charge in [-0.25, -0.2) is 8.42 Å². The molecule has 0 spiro atoms. The van der Waals surface area contributed by atoms with Crippen LogP contribution in [0, 0.1) is 0 Å². The van der Waals surface area contributed by atoms with Gasteiger partial charge in [0.05, 0.1) is 23.6 Å². The van der Waals surface area contributed by atoms with E-state index in [2.05, 4.69) is 10.6 Å². The molecular formula is C21H31F3IN3O2S. The Labute approximate surface area is 199 Å². The van der Waals surface area contributed by atoms with Crippen molar-refractivity contribution in [2.24, 2.45) is 4.99 Å². The zero-order valence-electron chi connectivity index (χ0n) is 17.7. The first-order valence-electron chi connectivity index (χ1n) is 10.6. The quantitative estimate of drug-likeness (QED) is 0.314. The Morgan fingerprint density at radius 1 is 1.23 bits per heavy atom. The van der Waals surface area contributed by atoms with Crippen LogP contribution in [0.2, 0.25) is 0 Å². The molecule has 1 aliphatic carbocycles. The molecule has 1 aliphatic heterocycles. The standard InChI is InChI=1S/C21H30F3N3O2S.HI/c1-2-25-19(27-18-9-12-30(28,29)14-18)26-15-20(10-4-3-5-11-20)16-7-6-8-17(13-16)21(22,23)24;/h6-8,13,18H,2-5,9-12,14-15H2,1H3,(H2,25,26,27);1H. The summed E-state index contributed by atoms with van der Waals surface area (Å²) >= 11 is 0. The minimum absolute atomic E-state index is 0. The lowest BCUT2D eigenvalue weighted by Gasteiger charge is -2.37. The highest BCUT2D eigenvalue weighted by molar-refractivity contribution is 14.0. The minimum Gasteiger partial charge on any atom is -0.357 e. The lowest BCUT2D eigenvalue weighted by molar-refractivity contribution is -0.137. The van der Waals surface area contributed by atoms with E-state index < -0.39 is 27.0 Å². The minimum atomic E-state index is -4.38. The van der Waals surface area contributed by atoms with Crippen molar-refractivity contribution >= 4 is 39.8 Å². The van der Waals surface area contributed by atoms with E-state index in [1.165, 1.54) is 12.1 Å². The van der Waals surface area contributed by atoms with E-state index in [1.54, 1.807) is 6.07 Å². The summed E-state index contributed by atoms with van der Waals surface area (Å²) in [6.07, 6.45) is 0.713. The number of hydrogen-bond donors (Lipinski definition) is 2. The SMILES string of the molecule is CCNC(=NCC1(c2cccc(C(F)(F)F)c2)CCCCC1)NC1CCS(=O)(=O)C1.I. The van der Waals surface area contributed by atoms with E-state index in [-0.39, 0.29) is 41.5 Å². The predicted molar refractivity (Wildman–Crippen MR) is 128 cm³/mol. The number of guanidine groups is 1. The highest BCUT2D eigenvalue weighted by atomic mass is 127. The molecular weight excluding hydrogens is 542 g/mol. The zero-order valence-corrected chi connectivity index (χ0v) is 20.8. The molecule has 0 radical (unpaired) electrons. The maximum Gasteiger partial charge on any atom is 0.416 e. The molecule has 0 bridgehead atoms. The zero-order chi connectivity index (χ0) is 21.8. The van der Waals surface area contributed by atoms with Gasteiger partial charge in [0.25, 0.3) is 0 Å². The van der Waals surface area contributed by atoms with Crippen molar-refractivity contribution in [3.05, 3.63) is 35.4 Å². The lowest BCUT2D eigenvalue weighted by atomic mass is 9.69. The van der Waals surface area contributed by atoms with Crippen LogP contribution >= 0.6 is 24.0 Å². The van der Waals surface area contributed by atoms with Crippen molar-refractivity contribution in [1.82, 2.24) is 10.6 Å². The molecule has 176 valence electrons. The van der Waals surface area contributed by atoms with Crippen molar-refractivity contribution in [3.63, 3.8) is 0 Å². The van der Waals surface area contributed by atoms with Gasteiger partial charge in [-0.1, -0.05) is 37.5 Å². The molecule has 0 aromatic heterocycles. The molecule has 1 atom stereocenters. The van der Waals surface area contributed by atoms with Crippen LogP contribution in [0.25, 0.3) is 0 Å². The van der Waals surface area contributed by atoms with Gasteiger partial charge in [0.1, 0.15) is 0 Å². The summed E-state index contributed by atoms with van der Waals surface area (Å²) in [7, 11) is -3.02. The number of nitrogens with zero attached hydrogens (tertiary/aromatic N) is 1. The van der Waals surface area contributed by atoms with Gasteiger partial charge in [-0.15, -0.1) is 24.0 Å². The van der Waals surface area contributed by atoms with Crippen molar-refractivity contribution in [2.75, 3.05) is 24.6 Å². The summed E-state index contributed by atoms with van der Waals surface area (Å²) in [5.74, 6) is 0.769. The van der Waals surface area contributed by atoms with E-state index in [9.17, 15) is 21.6 Å². The fraction of sp³-hybridized carbons (Fsp3) is 0.667. The first kappa shape index (κ1) is 26.2. The van der Waals surface area contributed by atoms with Gasteiger partial charge < -0.3 is 10.6 Å². The summed E-state index contributed by atoms with van der Waals surface area (Å²) < 4.78 is 63.3. The molecule has 1 aromatic rings. The molecule has 1 unspecified atom stereocenters. The molecule has 2 fully saturated rings. The Morgan fingerprint density at radius 3 is 2.52 bits per heavy atom. The predicted octanol–water partition coefficient (Wildman–Crippen LogP) is 4.27. The molecule has 1 saturated heterocycles. The molecule has 10 heteroatoms. The number of nitrogens with one attached hydrogen (secondary N) is 2. The van der Waals surface area contributed by atoms with E-state index in [1.807, 2.05) is 6.92 Å². The van der Waals surface area contributed by atoms with Crippen LogP contribution in [0.15, 0.2) is 29.3 Å². The van der Waals surface area contributed by atoms with Gasteiger partial charge in [-0.05, 0) is 37.8 Å². The second-order valence-electron chi connectivity index (χ2n) is 8.36. The van der Waals surface area contributed by atoms with Crippen molar-refractivity contribution in [1.29, 1.82) is 0 Å². The average Bonchev–Trinajstić information content (AvgIpc) is 3.05. The van der Waals surface area contributed by atoms with Gasteiger partial charge in [0.15, 0.2) is 15.8 Å². The monoisotopic (exact) mass is 573 g/mol. The van der Waals surface area contributed by atoms with Crippen LogP contribution in [0.1, 0.15) is 56.6 Å². The largest absolute Gasteiger partial charge is 0.416 e. The van der Waals surface area contributed by atoms with Crippen LogP contribution in [0.3, 0.4) is 0 Å². The molecule has 2 N–H and O–H groups in total. The third-order valence-electron chi connectivity index (χ3n) is 6.07. The smallest absolute Gasteiger partial charge is 0.357 e. The maximum absolute atomic E-state index is 13.3. The number of benzene rings is 1. The lowest BCUT2D eigenvalue weighted by Crippen LogP contribution is -2.45. The van der Waals surface area contributed by atoms with Gasteiger partial charge in [0, 0.05) is 18.0 Å². The average molecular weight is 573 g/mol. The normalized spacial score (nSPS) is 23.1. The van der Waals surface area contributed by atoms with Gasteiger partial charge in [-0.2, -0.15) is 13.2 Å². The molecule has 1 aromatic carbocycles. The maximum atomic E-state index is 13.3. The highest BCUT2D eigenvalue weighted by Crippen LogP contribution is 2.41. The number of aliphatic imine (C=N–C) groups is 1. The molecule has 1 heterocycles. The summed E-state index contributed by atoms with van der Waals surface area (Å²) in [6, 6.07) is 5.44. The van der Waals surface area contributed by atoms with Crippen LogP contribution in [-0.2, 0) is 21.4 Å². The first-order valence-corrected chi connectivity index (χ1v) is 12.4. The molecule has 1 saturated carbocycles. The number of sulfone groups is 1. The van der Waals surface area contributed by atoms with Crippen LogP contribution < -0.4 is 10.6 Å². The fourth-order valence-corrected chi connectivity index (χ4v) is 6.12. The Hall–Kier alpha value is -1.04. The van der Waals surface area contributed by atoms with E-state index in [0.29, 0.717) is 31.0 Å². The fourth-order valence-electron chi connectivity index (χ4n) is 4.44. The van der Waals surface area contributed by atoms with Crippen LogP contribution in [-0.4, -0.2) is 45.0 Å². The number of halogens is 4. The summed E-state index contributed by atoms with van der Waals surface area (Å²) in [5.41, 5.74) is -0.390. The number of alkyl halides is 3. The van der Waals surface area contributed by atoms with Crippen molar-refractivity contribution < 1.29 is 21.6 Å². The van der Waals surface area contributed by atoms with E-state index in [0.717, 1.165) is 38.2 Å². The van der Waals surface area contributed by atoms with Gasteiger partial charge >= 0.3 is 6.18 Å². The van der Waals surface area contributed by atoms with Crippen molar-refractivity contribution in [3.8, 4) is 0 Å². The Kier molecular flexibility index (Phi) is 9.06. The second kappa shape index (κ2) is 10.7. The molecule has 5 nitrogen and oxygen atoms in total. The number of hydrogen-bond acceptors (Lipinski definition) is 3. The Morgan fingerprint density at radius 2 is 1.94 bits per heavy atom. The summed E-state index contributed by atoms with van der Waals surface area (Å²) in [6.45, 7) is 2.90. The van der Waals surface area contributed by atoms with E-state index in [4.69, 9.17) is 4.99 Å². The Bertz CT molecular complexity index is 869. The van der Waals surface area contributed by atoms with Crippen molar-refractivity contribution in [2.45, 2.75) is 63.1 Å². The third kappa shape index (κ3) is 6.97. The first-order chi connectivity index (χ1) is 14.1. The summed E-state index contributed by atoms with van der Waals surface area (Å²) in [4.78, 5) is 4.71. The van der Waals surface area contributed by atoms with Crippen LogP contribution in [0.5, 0.6) is 0 Å². The molecule has 3 rings (SSSR count). The highest BCUT2D eigenvalue weighted by Gasteiger charge is 2.37.